The van der Waals surface area contributed by atoms with E-state index >= 15 is 0 Å². The highest BCUT2D eigenvalue weighted by atomic mass is 127. The third-order valence-electron chi connectivity index (χ3n) is 4.18. The molecule has 170 valence electrons. The zero-order chi connectivity index (χ0) is 23.6. The van der Waals surface area contributed by atoms with E-state index in [1.54, 1.807) is 22.9 Å². The lowest BCUT2D eigenvalue weighted by molar-refractivity contribution is 0.302. The highest BCUT2D eigenvalue weighted by Crippen LogP contribution is 2.20. The van der Waals surface area contributed by atoms with Crippen LogP contribution in [0.25, 0.3) is 0 Å². The zero-order valence-electron chi connectivity index (χ0n) is 16.3. The van der Waals surface area contributed by atoms with E-state index in [9.17, 15) is 22.4 Å². The first-order valence-corrected chi connectivity index (χ1v) is 11.4. The van der Waals surface area contributed by atoms with E-state index in [-0.39, 0.29) is 22.2 Å². The summed E-state index contributed by atoms with van der Waals surface area (Å²) in [5, 5.41) is 10.1. The molecule has 2 aromatic heterocycles. The van der Waals surface area contributed by atoms with E-state index in [1.807, 2.05) is 0 Å². The van der Waals surface area contributed by atoms with Crippen LogP contribution in [-0.4, -0.2) is 33.7 Å². The minimum absolute atomic E-state index is 0.0475. The Morgan fingerprint density at radius 3 is 2.69 bits per heavy atom. The zero-order valence-corrected chi connectivity index (χ0v) is 20.1. The van der Waals surface area contributed by atoms with Gasteiger partial charge in [0.1, 0.15) is 11.5 Å². The van der Waals surface area contributed by atoms with Gasteiger partial charge in [-0.05, 0) is 23.4 Å². The number of aromatic nitrogens is 4. The summed E-state index contributed by atoms with van der Waals surface area (Å²) in [5.41, 5.74) is -1.16. The Hall–Kier alpha value is -2.63. The molecule has 0 aliphatic carbocycles. The van der Waals surface area contributed by atoms with Crippen LogP contribution in [0.4, 0.5) is 10.1 Å². The van der Waals surface area contributed by atoms with Gasteiger partial charge in [-0.25, -0.2) is 27.0 Å². The summed E-state index contributed by atoms with van der Waals surface area (Å²) < 4.78 is 51.3. The molecule has 2 N–H and O–H groups in total. The average molecular weight is 598 g/mol. The number of anilines is 1. The smallest absolute Gasteiger partial charge is 0.330 e. The molecule has 0 spiro atoms. The highest BCUT2D eigenvalue weighted by molar-refractivity contribution is 14.1. The van der Waals surface area contributed by atoms with Crippen LogP contribution in [0.3, 0.4) is 0 Å². The molecule has 3 rings (SSSR count). The van der Waals surface area contributed by atoms with Crippen molar-refractivity contribution in [3.8, 4) is 0 Å². The molecule has 0 aliphatic rings. The Bertz CT molecular complexity index is 1430. The van der Waals surface area contributed by atoms with Gasteiger partial charge in [-0.2, -0.15) is 3.21 Å². The quantitative estimate of drug-likeness (QED) is 0.242. The van der Waals surface area contributed by atoms with E-state index < -0.39 is 38.5 Å². The molecule has 32 heavy (non-hydrogen) atoms. The van der Waals surface area contributed by atoms with E-state index in [1.165, 1.54) is 26.2 Å². The van der Waals surface area contributed by atoms with Gasteiger partial charge >= 0.3 is 5.69 Å². The van der Waals surface area contributed by atoms with E-state index in [4.69, 9.17) is 16.2 Å². The fourth-order valence-corrected chi connectivity index (χ4v) is 4.21. The van der Waals surface area contributed by atoms with Crippen molar-refractivity contribution in [1.82, 2.24) is 24.2 Å². The van der Waals surface area contributed by atoms with Gasteiger partial charge in [-0.15, -0.1) is 0 Å². The number of amidine groups is 1. The predicted molar refractivity (Wildman–Crippen MR) is 121 cm³/mol. The second-order valence-electron chi connectivity index (χ2n) is 6.32. The molecule has 16 heteroatoms. The minimum Gasteiger partial charge on any atom is -0.338 e. The number of hydrogen-bond acceptors (Lipinski definition) is 8. The molecule has 0 atom stereocenters. The molecule has 0 saturated carbocycles. The summed E-state index contributed by atoms with van der Waals surface area (Å²) in [5.74, 6) is -0.477. The molecule has 0 fully saturated rings. The van der Waals surface area contributed by atoms with Gasteiger partial charge in [0, 0.05) is 26.0 Å². The molecule has 0 aliphatic heterocycles. The lowest BCUT2D eigenvalue weighted by Gasteiger charge is -2.10. The van der Waals surface area contributed by atoms with Crippen molar-refractivity contribution in [1.29, 1.82) is 0 Å². The summed E-state index contributed by atoms with van der Waals surface area (Å²) in [6, 6.07) is 3.89. The SMILES string of the molecule is Cn1cc(S(=O)(=O)NCc2nonc2/C(=N/I)Nc2ccc(F)c(Cl)c2)c(=O)n(C)c1=O. The lowest BCUT2D eigenvalue weighted by atomic mass is 10.2. The van der Waals surface area contributed by atoms with Gasteiger partial charge in [0.25, 0.3) is 5.56 Å². The normalized spacial score (nSPS) is 12.2. The maximum absolute atomic E-state index is 13.4. The molecule has 0 radical (unpaired) electrons. The van der Waals surface area contributed by atoms with Crippen LogP contribution in [-0.2, 0) is 30.7 Å². The van der Waals surface area contributed by atoms with Crippen molar-refractivity contribution in [2.24, 2.45) is 17.3 Å². The maximum atomic E-state index is 13.4. The molecule has 1 aromatic carbocycles. The Balaban J connectivity index is 1.85. The Morgan fingerprint density at radius 2 is 2.03 bits per heavy atom. The maximum Gasteiger partial charge on any atom is 0.330 e. The highest BCUT2D eigenvalue weighted by Gasteiger charge is 2.24. The number of rotatable bonds is 6. The van der Waals surface area contributed by atoms with E-state index in [0.717, 1.165) is 16.8 Å². The fraction of sp³-hybridized carbons (Fsp3) is 0.188. The van der Waals surface area contributed by atoms with Crippen molar-refractivity contribution in [3.05, 3.63) is 67.5 Å². The topological polar surface area (TPSA) is 153 Å². The van der Waals surface area contributed by atoms with Crippen LogP contribution in [0.15, 0.2) is 46.7 Å². The van der Waals surface area contributed by atoms with Gasteiger partial charge in [-0.3, -0.25) is 9.36 Å². The monoisotopic (exact) mass is 597 g/mol. The number of nitrogens with one attached hydrogen (secondary N) is 2. The number of halogens is 3. The van der Waals surface area contributed by atoms with Crippen molar-refractivity contribution >= 4 is 56.0 Å². The minimum atomic E-state index is -4.32. The van der Waals surface area contributed by atoms with Crippen LogP contribution in [0.2, 0.25) is 5.02 Å². The molecular weight excluding hydrogens is 584 g/mol. The Morgan fingerprint density at radius 1 is 1.31 bits per heavy atom. The van der Waals surface area contributed by atoms with Crippen LogP contribution in [0.1, 0.15) is 11.4 Å². The first-order valence-electron chi connectivity index (χ1n) is 8.54. The number of nitrogens with zero attached hydrogens (tertiary/aromatic N) is 5. The second-order valence-corrected chi connectivity index (χ2v) is 8.95. The Labute approximate surface area is 198 Å². The van der Waals surface area contributed by atoms with Crippen LogP contribution in [0, 0.1) is 5.82 Å². The van der Waals surface area contributed by atoms with Crippen LogP contribution >= 0.6 is 34.5 Å². The molecule has 0 saturated heterocycles. The second kappa shape index (κ2) is 9.47. The van der Waals surface area contributed by atoms with Crippen LogP contribution < -0.4 is 21.3 Å². The van der Waals surface area contributed by atoms with Gasteiger partial charge in [-0.1, -0.05) is 16.8 Å². The summed E-state index contributed by atoms with van der Waals surface area (Å²) in [6.07, 6.45) is 0.923. The van der Waals surface area contributed by atoms with Crippen molar-refractivity contribution in [2.75, 3.05) is 5.32 Å². The van der Waals surface area contributed by atoms with E-state index in [2.05, 4.69) is 23.6 Å². The summed E-state index contributed by atoms with van der Waals surface area (Å²) in [6.45, 7) is -0.408. The third-order valence-corrected chi connectivity index (χ3v) is 6.34. The van der Waals surface area contributed by atoms with Crippen molar-refractivity contribution < 1.29 is 17.4 Å². The Kier molecular flexibility index (Phi) is 7.11. The lowest BCUT2D eigenvalue weighted by Crippen LogP contribution is -2.41. The standard InChI is InChI=1S/C16H14ClFIN7O5S/c1-25-7-12(15(27)26(2)16(25)28)32(29,30)20-6-11-13(24-31-23-11)14(22-19)21-8-3-4-10(18)9(17)5-8/h3-5,7,20H,6H2,1-2H3,(H,21,22). The van der Waals surface area contributed by atoms with Crippen LogP contribution in [0.5, 0.6) is 0 Å². The molecule has 0 unspecified atom stereocenters. The van der Waals surface area contributed by atoms with Gasteiger partial charge < -0.3 is 9.88 Å². The fourth-order valence-electron chi connectivity index (χ4n) is 2.53. The summed E-state index contributed by atoms with van der Waals surface area (Å²) >= 11 is 7.44. The predicted octanol–water partition coefficient (Wildman–Crippen LogP) is 0.947. The number of aryl methyl sites for hydroxylation is 1. The average Bonchev–Trinajstić information content (AvgIpc) is 3.22. The number of sulfonamides is 1. The van der Waals surface area contributed by atoms with Gasteiger partial charge in [0.2, 0.25) is 10.0 Å². The molecule has 3 aromatic rings. The first kappa shape index (κ1) is 24.0. The summed E-state index contributed by atoms with van der Waals surface area (Å²) in [4.78, 5) is 23.4. The number of hydrogen-bond donors (Lipinski definition) is 2. The van der Waals surface area contributed by atoms with Crippen molar-refractivity contribution in [2.45, 2.75) is 11.4 Å². The molecule has 2 heterocycles. The molecule has 0 bridgehead atoms. The molecule has 0 amide bonds. The number of benzene rings is 1. The molecular formula is C16H14ClFIN7O5S. The third kappa shape index (κ3) is 4.89. The summed E-state index contributed by atoms with van der Waals surface area (Å²) in [7, 11) is -1.84. The van der Waals surface area contributed by atoms with E-state index in [0.29, 0.717) is 10.3 Å². The largest absolute Gasteiger partial charge is 0.338 e. The van der Waals surface area contributed by atoms with Crippen molar-refractivity contribution in [3.63, 3.8) is 0 Å². The first-order chi connectivity index (χ1) is 15.0. The molecule has 12 nitrogen and oxygen atoms in total. The van der Waals surface area contributed by atoms with Gasteiger partial charge in [0.15, 0.2) is 16.4 Å². The van der Waals surface area contributed by atoms with Gasteiger partial charge in [0.05, 0.1) is 34.4 Å².